The molecule has 0 atom stereocenters. The molecule has 0 amide bonds. The van der Waals surface area contributed by atoms with Gasteiger partial charge in [-0.3, -0.25) is 0 Å². The van der Waals surface area contributed by atoms with Gasteiger partial charge in [0.25, 0.3) is 0 Å². The molecule has 3 aliphatic carbocycles. The Morgan fingerprint density at radius 2 is 0.306 bits per heavy atom. The van der Waals surface area contributed by atoms with Crippen molar-refractivity contribution in [3.05, 3.63) is 488 Å². The van der Waals surface area contributed by atoms with Crippen LogP contribution in [-0.2, 0) is 16.2 Å². The van der Waals surface area contributed by atoms with E-state index in [1.165, 1.54) is 198 Å². The van der Waals surface area contributed by atoms with Gasteiger partial charge < -0.3 is 27.4 Å². The van der Waals surface area contributed by atoms with Crippen LogP contribution in [0.15, 0.2) is 455 Å². The minimum absolute atomic E-state index is 0.119. The molecule has 7 heterocycles. The molecule has 9 heteroatoms. The lowest BCUT2D eigenvalue weighted by atomic mass is 9.82. The summed E-state index contributed by atoms with van der Waals surface area (Å²) < 4.78 is 14.6. The van der Waals surface area contributed by atoms with E-state index in [4.69, 9.17) is 15.0 Å². The molecule has 0 saturated carbocycles. The third kappa shape index (κ3) is 12.1. The monoisotopic (exact) mass is 1880 g/mol. The molecule has 31 rings (SSSR count). The minimum atomic E-state index is -0.119. The smallest absolute Gasteiger partial charge is 0.164 e. The maximum Gasteiger partial charge on any atom is 0.164 e. The van der Waals surface area contributed by atoms with Gasteiger partial charge in [0.05, 0.1) is 66.2 Å². The van der Waals surface area contributed by atoms with E-state index in [2.05, 4.69) is 524 Å². The molecule has 0 N–H and O–H groups in total. The maximum absolute atomic E-state index is 5.49. The lowest BCUT2D eigenvalue weighted by Crippen LogP contribution is -2.15. The Kier molecular flexibility index (Phi) is 17.4. The first-order valence-electron chi connectivity index (χ1n) is 51.2. The number of hydrogen-bond donors (Lipinski definition) is 0. The summed E-state index contributed by atoms with van der Waals surface area (Å²) in [6, 6.07) is 169. The van der Waals surface area contributed by atoms with E-state index in [1.54, 1.807) is 0 Å². The third-order valence-electron chi connectivity index (χ3n) is 33.3. The van der Waals surface area contributed by atoms with E-state index in [1.807, 2.05) is 0 Å². The molecule has 21 aromatic carbocycles. The molecule has 0 saturated heterocycles. The summed E-state index contributed by atoms with van der Waals surface area (Å²) in [6.07, 6.45) is 0. The number of para-hydroxylation sites is 6. The second-order valence-corrected chi connectivity index (χ2v) is 42.2. The highest BCUT2D eigenvalue weighted by molar-refractivity contribution is 6.18. The SMILES string of the molecule is CC1(C)c2ccccc2-c2ccc(-n3c4ccccc4c4cc(-c5ccc6c(c5)c5ccccc5n6-c5ccc(-c6nc(-c7ccc(-n8c9ccccc9c9cc(-c%10ccc%11c(c%10)c%10ccccc%10n%11-c%10ccc%11c(c%10)C(C)(C)c%10ccccc%10-%11)ccc98)cc7)nc(-c7ccc(-n8c9ccccc9c9cc(-c%10ccc%11c(c%10)c%10ccccc%10n%11-c%10ccc%11c(c%10)C(C)(C)c%10ccccc%10-%11)ccc98)cc7)n6)cc5)ccc43)cc21. The lowest BCUT2D eigenvalue weighted by molar-refractivity contribution is 0.660. The highest BCUT2D eigenvalue weighted by Gasteiger charge is 2.40. The number of benzene rings is 21. The van der Waals surface area contributed by atoms with Gasteiger partial charge in [-0.25, -0.2) is 15.0 Å². The van der Waals surface area contributed by atoms with Gasteiger partial charge >= 0.3 is 0 Å². The molecule has 3 aliphatic rings. The first kappa shape index (κ1) is 83.1. The van der Waals surface area contributed by atoms with Crippen LogP contribution in [0, 0.1) is 0 Å². The fraction of sp³-hybridized carbons (Fsp3) is 0.0652. The normalized spacial score (nSPS) is 13.7. The van der Waals surface area contributed by atoms with E-state index in [0.717, 1.165) is 83.5 Å². The minimum Gasteiger partial charge on any atom is -0.309 e. The molecule has 28 aromatic rings. The van der Waals surface area contributed by atoms with Crippen LogP contribution < -0.4 is 0 Å². The van der Waals surface area contributed by atoms with Crippen molar-refractivity contribution in [1.29, 1.82) is 0 Å². The van der Waals surface area contributed by atoms with Gasteiger partial charge in [0, 0.05) is 132 Å². The molecule has 147 heavy (non-hydrogen) atoms. The lowest BCUT2D eigenvalue weighted by Gasteiger charge is -2.22. The second-order valence-electron chi connectivity index (χ2n) is 42.2. The first-order chi connectivity index (χ1) is 72.1. The van der Waals surface area contributed by atoms with Gasteiger partial charge in [0.2, 0.25) is 0 Å². The maximum atomic E-state index is 5.49. The van der Waals surface area contributed by atoms with Gasteiger partial charge in [-0.1, -0.05) is 278 Å². The van der Waals surface area contributed by atoms with E-state index < -0.39 is 0 Å². The largest absolute Gasteiger partial charge is 0.309 e. The summed E-state index contributed by atoms with van der Waals surface area (Å²) in [4.78, 5) is 16.5. The molecule has 0 spiro atoms. The summed E-state index contributed by atoms with van der Waals surface area (Å²) in [5, 5.41) is 14.5. The van der Waals surface area contributed by atoms with E-state index in [-0.39, 0.29) is 16.2 Å². The van der Waals surface area contributed by atoms with Crippen LogP contribution in [0.3, 0.4) is 0 Å². The fourth-order valence-electron chi connectivity index (χ4n) is 26.1. The Balaban J connectivity index is 0.494. The van der Waals surface area contributed by atoms with Gasteiger partial charge in [-0.15, -0.1) is 0 Å². The van der Waals surface area contributed by atoms with Crippen LogP contribution in [0.25, 0.3) is 266 Å². The van der Waals surface area contributed by atoms with Crippen LogP contribution in [0.2, 0.25) is 0 Å². The van der Waals surface area contributed by atoms with Crippen LogP contribution in [0.5, 0.6) is 0 Å². The van der Waals surface area contributed by atoms with Crippen molar-refractivity contribution in [2.45, 2.75) is 57.8 Å². The molecule has 9 nitrogen and oxygen atoms in total. The number of aromatic nitrogens is 9. The molecule has 0 unspecified atom stereocenters. The Morgan fingerprint density at radius 3 is 0.531 bits per heavy atom. The topological polar surface area (TPSA) is 68.2 Å². The van der Waals surface area contributed by atoms with Gasteiger partial charge in [0.15, 0.2) is 17.5 Å². The van der Waals surface area contributed by atoms with Crippen molar-refractivity contribution < 1.29 is 0 Å². The first-order valence-corrected chi connectivity index (χ1v) is 51.2. The van der Waals surface area contributed by atoms with Crippen molar-refractivity contribution >= 4 is 131 Å². The second kappa shape index (κ2) is 30.7. The fourth-order valence-corrected chi connectivity index (χ4v) is 26.1. The highest BCUT2D eigenvalue weighted by Crippen LogP contribution is 2.55. The zero-order valence-electron chi connectivity index (χ0n) is 81.8. The predicted octanol–water partition coefficient (Wildman–Crippen LogP) is 35.4. The Hall–Kier alpha value is -18.6. The van der Waals surface area contributed by atoms with Gasteiger partial charge in [-0.2, -0.15) is 0 Å². The van der Waals surface area contributed by atoms with Crippen molar-refractivity contribution in [3.8, 4) is 135 Å². The Labute approximate surface area is 848 Å². The quantitative estimate of drug-likeness (QED) is 0.122. The van der Waals surface area contributed by atoms with Crippen molar-refractivity contribution in [2.75, 3.05) is 0 Å². The highest BCUT2D eigenvalue weighted by atomic mass is 15.1. The van der Waals surface area contributed by atoms with Gasteiger partial charge in [-0.05, 0) is 319 Å². The van der Waals surface area contributed by atoms with Crippen molar-refractivity contribution in [1.82, 2.24) is 42.4 Å². The van der Waals surface area contributed by atoms with E-state index in [0.29, 0.717) is 17.5 Å². The molecule has 0 radical (unpaired) electrons. The summed E-state index contributed by atoms with van der Waals surface area (Å²) in [7, 11) is 0. The van der Waals surface area contributed by atoms with Crippen LogP contribution in [0.1, 0.15) is 74.9 Å². The standard InChI is InChI=1S/C138H93N9/c1-136(2)115-34-16-7-25-97(115)100-64-61-94(79-118(100)136)145-124-40-22-13-31-106(124)112-76-88(52-70-130(112)145)85-49-67-127-109(73-85)103-28-10-19-37-121(103)142(127)91-55-43-82(44-56-91)133-139-134(83-45-57-92(58-46-83)143-122-38-20-11-29-104(122)110-74-86(50-68-128(110)143)89-53-71-131-113(77-89)107-32-14-23-41-125(107)146(131)95-62-65-101-98-26-8-17-35-116(98)137(3,4)119(101)80-95)141-135(140-133)84-47-59-93(60-48-84)144-123-39-21-12-30-105(123)111-75-87(51-69-129(111)144)90-54-72-132-114(78-90)108-33-15-24-42-126(108)147(132)96-63-66-102-99-27-9-18-36-117(99)138(5,6)120(102)81-96/h7-81H,1-6H3. The third-order valence-corrected chi connectivity index (χ3v) is 33.3. The summed E-state index contributed by atoms with van der Waals surface area (Å²) in [5.74, 6) is 1.71. The molecule has 0 bridgehead atoms. The van der Waals surface area contributed by atoms with Gasteiger partial charge in [0.1, 0.15) is 0 Å². The average Bonchev–Trinajstić information content (AvgIpc) is 1.56. The Morgan fingerprint density at radius 1 is 0.136 bits per heavy atom. The Bertz CT molecular complexity index is 9640. The summed E-state index contributed by atoms with van der Waals surface area (Å²) in [5.41, 5.74) is 45.9. The van der Waals surface area contributed by atoms with Crippen LogP contribution in [0.4, 0.5) is 0 Å². The molecule has 7 aromatic heterocycles. The summed E-state index contributed by atoms with van der Waals surface area (Å²) >= 11 is 0. The number of fused-ring (bicyclic) bond motifs is 27. The number of rotatable bonds is 12. The average molecular weight is 1880 g/mol. The molecule has 690 valence electrons. The van der Waals surface area contributed by atoms with E-state index >= 15 is 0 Å². The van der Waals surface area contributed by atoms with Crippen molar-refractivity contribution in [3.63, 3.8) is 0 Å². The predicted molar refractivity (Wildman–Crippen MR) is 611 cm³/mol. The molecule has 0 aliphatic heterocycles. The zero-order chi connectivity index (χ0) is 97.3. The van der Waals surface area contributed by atoms with Crippen LogP contribution in [-0.4, -0.2) is 42.4 Å². The number of nitrogens with zero attached hydrogens (tertiary/aromatic N) is 9. The molecular weight excluding hydrogens is 1780 g/mol. The van der Waals surface area contributed by atoms with Crippen LogP contribution >= 0.6 is 0 Å². The zero-order valence-corrected chi connectivity index (χ0v) is 81.8. The molecule has 0 fully saturated rings. The number of hydrogen-bond acceptors (Lipinski definition) is 3. The summed E-state index contributed by atoms with van der Waals surface area (Å²) in [6.45, 7) is 14.2. The van der Waals surface area contributed by atoms with Crippen molar-refractivity contribution in [2.24, 2.45) is 0 Å². The molecular formula is C138H93N9. The van der Waals surface area contributed by atoms with E-state index in [9.17, 15) is 0 Å².